The molecule has 7 heteroatoms. The lowest BCUT2D eigenvalue weighted by Crippen LogP contribution is -2.11. The molecule has 3 aromatic rings. The molecular formula is C20H22N4O2S. The van der Waals surface area contributed by atoms with E-state index < -0.39 is 0 Å². The molecule has 0 bridgehead atoms. The van der Waals surface area contributed by atoms with Crippen molar-refractivity contribution in [3.8, 4) is 5.69 Å². The molecule has 1 heterocycles. The summed E-state index contributed by atoms with van der Waals surface area (Å²) in [6.07, 6.45) is 0. The molecule has 3 rings (SSSR count). The molecule has 0 unspecified atom stereocenters. The van der Waals surface area contributed by atoms with Gasteiger partial charge in [-0.15, -0.1) is 10.2 Å². The summed E-state index contributed by atoms with van der Waals surface area (Å²) >= 11 is 1.38. The Morgan fingerprint density at radius 3 is 2.37 bits per heavy atom. The molecule has 0 radical (unpaired) electrons. The maximum absolute atomic E-state index is 11.2. The van der Waals surface area contributed by atoms with Gasteiger partial charge in [0, 0.05) is 10.6 Å². The van der Waals surface area contributed by atoms with Gasteiger partial charge in [0.05, 0.1) is 0 Å². The van der Waals surface area contributed by atoms with Gasteiger partial charge in [0.2, 0.25) is 6.54 Å². The van der Waals surface area contributed by atoms with Crippen LogP contribution < -0.4 is 0 Å². The van der Waals surface area contributed by atoms with Gasteiger partial charge in [-0.3, -0.25) is 14.7 Å². The zero-order valence-electron chi connectivity index (χ0n) is 15.8. The Kier molecular flexibility index (Phi) is 5.60. The lowest BCUT2D eigenvalue weighted by molar-refractivity contribution is -0.479. The first-order valence-electron chi connectivity index (χ1n) is 8.70. The fourth-order valence-electron chi connectivity index (χ4n) is 2.84. The van der Waals surface area contributed by atoms with E-state index in [1.54, 1.807) is 0 Å². The number of nitrogens with zero attached hydrogens (tertiary/aromatic N) is 4. The van der Waals surface area contributed by atoms with E-state index >= 15 is 0 Å². The third-order valence-corrected chi connectivity index (χ3v) is 5.74. The Balaban J connectivity index is 1.98. The van der Waals surface area contributed by atoms with Crippen molar-refractivity contribution in [2.45, 2.75) is 38.1 Å². The van der Waals surface area contributed by atoms with Crippen LogP contribution in [0, 0.1) is 37.8 Å². The van der Waals surface area contributed by atoms with Crippen LogP contribution in [0.1, 0.15) is 33.3 Å². The van der Waals surface area contributed by atoms with Crippen molar-refractivity contribution in [3.05, 3.63) is 80.7 Å². The van der Waals surface area contributed by atoms with Gasteiger partial charge in [-0.1, -0.05) is 47.7 Å². The molecule has 0 aliphatic rings. The summed E-state index contributed by atoms with van der Waals surface area (Å²) in [6.45, 7) is 7.85. The van der Waals surface area contributed by atoms with Crippen molar-refractivity contribution in [1.82, 2.24) is 14.8 Å². The van der Waals surface area contributed by atoms with Crippen molar-refractivity contribution in [2.24, 2.45) is 0 Å². The van der Waals surface area contributed by atoms with Crippen LogP contribution in [0.15, 0.2) is 47.6 Å². The van der Waals surface area contributed by atoms with Crippen molar-refractivity contribution in [3.63, 3.8) is 0 Å². The summed E-state index contributed by atoms with van der Waals surface area (Å²) in [5.74, 6) is 0.754. The summed E-state index contributed by atoms with van der Waals surface area (Å²) in [5.41, 5.74) is 5.39. The molecule has 1 aromatic heterocycles. The summed E-state index contributed by atoms with van der Waals surface area (Å²) in [6, 6.07) is 14.0. The summed E-state index contributed by atoms with van der Waals surface area (Å²) < 4.78 is 1.96. The van der Waals surface area contributed by atoms with Gasteiger partial charge in [0.1, 0.15) is 11.1 Å². The molecule has 2 aromatic carbocycles. The second-order valence-corrected chi connectivity index (χ2v) is 7.84. The van der Waals surface area contributed by atoms with Crippen molar-refractivity contribution in [1.29, 1.82) is 0 Å². The zero-order valence-corrected chi connectivity index (χ0v) is 16.7. The van der Waals surface area contributed by atoms with E-state index in [4.69, 9.17) is 0 Å². The molecule has 0 spiro atoms. The highest BCUT2D eigenvalue weighted by molar-refractivity contribution is 7.99. The topological polar surface area (TPSA) is 73.8 Å². The lowest BCUT2D eigenvalue weighted by atomic mass is 10.1. The van der Waals surface area contributed by atoms with Crippen LogP contribution in [0.2, 0.25) is 0 Å². The van der Waals surface area contributed by atoms with Crippen LogP contribution in [0.25, 0.3) is 5.69 Å². The van der Waals surface area contributed by atoms with E-state index in [1.807, 2.05) is 48.7 Å². The first-order chi connectivity index (χ1) is 12.8. The molecule has 0 aliphatic heterocycles. The number of aryl methyl sites for hydroxylation is 4. The SMILES string of the molecule is Cc1ccc([C@H](C[N+](=O)[O-])Sc2nnc(C)n2-c2ccc(C)c(C)c2)cc1. The van der Waals surface area contributed by atoms with Gasteiger partial charge in [-0.05, 0) is 56.5 Å². The molecule has 140 valence electrons. The minimum atomic E-state index is -0.338. The number of hydrogen-bond acceptors (Lipinski definition) is 5. The maximum atomic E-state index is 11.2. The standard InChI is InChI=1S/C20H22N4O2S/c1-13-5-8-17(9-6-13)19(12-23(25)26)27-20-22-21-16(4)24(20)18-10-7-14(2)15(3)11-18/h5-11,19H,12H2,1-4H3/t19-/m0/s1. The minimum Gasteiger partial charge on any atom is -0.274 e. The first-order valence-corrected chi connectivity index (χ1v) is 9.58. The monoisotopic (exact) mass is 382 g/mol. The Bertz CT molecular complexity index is 967. The normalized spacial score (nSPS) is 12.1. The zero-order chi connectivity index (χ0) is 19.6. The van der Waals surface area contributed by atoms with Crippen molar-refractivity contribution < 1.29 is 4.92 Å². The number of thioether (sulfide) groups is 1. The third kappa shape index (κ3) is 4.36. The second-order valence-electron chi connectivity index (χ2n) is 6.67. The number of nitro groups is 1. The predicted octanol–water partition coefficient (Wildman–Crippen LogP) is 4.61. The number of aromatic nitrogens is 3. The van der Waals surface area contributed by atoms with E-state index in [9.17, 15) is 10.1 Å². The van der Waals surface area contributed by atoms with E-state index in [1.165, 1.54) is 22.9 Å². The quantitative estimate of drug-likeness (QED) is 0.353. The average molecular weight is 382 g/mol. The van der Waals surface area contributed by atoms with Crippen LogP contribution in [0.3, 0.4) is 0 Å². The van der Waals surface area contributed by atoms with Gasteiger partial charge < -0.3 is 0 Å². The molecule has 6 nitrogen and oxygen atoms in total. The highest BCUT2D eigenvalue weighted by atomic mass is 32.2. The second kappa shape index (κ2) is 7.92. The molecule has 0 saturated heterocycles. The van der Waals surface area contributed by atoms with E-state index in [0.717, 1.165) is 22.6 Å². The van der Waals surface area contributed by atoms with Crippen molar-refractivity contribution in [2.75, 3.05) is 6.54 Å². The van der Waals surface area contributed by atoms with Crippen LogP contribution in [-0.2, 0) is 0 Å². The minimum absolute atomic E-state index is 0.174. The summed E-state index contributed by atoms with van der Waals surface area (Å²) in [5, 5.41) is 20.0. The number of hydrogen-bond donors (Lipinski definition) is 0. The van der Waals surface area contributed by atoms with Crippen LogP contribution in [0.5, 0.6) is 0 Å². The Morgan fingerprint density at radius 2 is 1.74 bits per heavy atom. The maximum Gasteiger partial charge on any atom is 0.220 e. The smallest absolute Gasteiger partial charge is 0.220 e. The largest absolute Gasteiger partial charge is 0.274 e. The molecule has 27 heavy (non-hydrogen) atoms. The highest BCUT2D eigenvalue weighted by Crippen LogP contribution is 2.36. The number of rotatable bonds is 6. The molecule has 0 aliphatic carbocycles. The highest BCUT2D eigenvalue weighted by Gasteiger charge is 2.23. The summed E-state index contributed by atoms with van der Waals surface area (Å²) in [4.78, 5) is 11.0. The predicted molar refractivity (Wildman–Crippen MR) is 107 cm³/mol. The molecule has 0 amide bonds. The Hall–Kier alpha value is -2.67. The molecule has 1 atom stereocenters. The van der Waals surface area contributed by atoms with Gasteiger partial charge in [0.25, 0.3) is 0 Å². The van der Waals surface area contributed by atoms with Gasteiger partial charge in [-0.25, -0.2) is 0 Å². The van der Waals surface area contributed by atoms with E-state index in [0.29, 0.717) is 5.16 Å². The molecule has 0 saturated carbocycles. The number of benzene rings is 2. The van der Waals surface area contributed by atoms with E-state index in [-0.39, 0.29) is 16.7 Å². The van der Waals surface area contributed by atoms with Gasteiger partial charge in [0.15, 0.2) is 5.16 Å². The van der Waals surface area contributed by atoms with Crippen LogP contribution in [-0.4, -0.2) is 26.2 Å². The van der Waals surface area contributed by atoms with Gasteiger partial charge in [-0.2, -0.15) is 0 Å². The summed E-state index contributed by atoms with van der Waals surface area (Å²) in [7, 11) is 0. The van der Waals surface area contributed by atoms with Crippen molar-refractivity contribution >= 4 is 11.8 Å². The Morgan fingerprint density at radius 1 is 1.04 bits per heavy atom. The van der Waals surface area contributed by atoms with Gasteiger partial charge >= 0.3 is 0 Å². The Labute approximate surface area is 162 Å². The first kappa shape index (κ1) is 19.1. The third-order valence-electron chi connectivity index (χ3n) is 4.56. The average Bonchev–Trinajstić information content (AvgIpc) is 2.97. The molecule has 0 N–H and O–H groups in total. The molecule has 0 fully saturated rings. The van der Waals surface area contributed by atoms with Crippen LogP contribution >= 0.6 is 11.8 Å². The lowest BCUT2D eigenvalue weighted by Gasteiger charge is -2.15. The van der Waals surface area contributed by atoms with Crippen LogP contribution in [0.4, 0.5) is 0 Å². The molecular weight excluding hydrogens is 360 g/mol. The van der Waals surface area contributed by atoms with E-state index in [2.05, 4.69) is 36.2 Å². The fourth-order valence-corrected chi connectivity index (χ4v) is 4.01. The fraction of sp³-hybridized carbons (Fsp3) is 0.300.